The van der Waals surface area contributed by atoms with Crippen molar-refractivity contribution in [2.75, 3.05) is 18.4 Å². The van der Waals surface area contributed by atoms with E-state index in [4.69, 9.17) is 4.42 Å². The van der Waals surface area contributed by atoms with E-state index < -0.39 is 6.04 Å². The minimum absolute atomic E-state index is 0.192. The van der Waals surface area contributed by atoms with Gasteiger partial charge in [-0.3, -0.25) is 14.4 Å². The lowest BCUT2D eigenvalue weighted by molar-refractivity contribution is -0.128. The third-order valence-corrected chi connectivity index (χ3v) is 5.06. The zero-order valence-corrected chi connectivity index (χ0v) is 16.7. The first-order valence-electron chi connectivity index (χ1n) is 9.99. The van der Waals surface area contributed by atoms with Crippen LogP contribution in [0.3, 0.4) is 0 Å². The summed E-state index contributed by atoms with van der Waals surface area (Å²) in [7, 11) is 0. The second kappa shape index (κ2) is 9.24. The molecule has 4 rings (SSSR count). The van der Waals surface area contributed by atoms with Crippen LogP contribution >= 0.6 is 0 Å². The molecule has 1 aliphatic heterocycles. The van der Waals surface area contributed by atoms with Gasteiger partial charge in [-0.05, 0) is 55.7 Å². The molecule has 1 aromatic carbocycles. The molecule has 2 N–H and O–H groups in total. The summed E-state index contributed by atoms with van der Waals surface area (Å²) in [6, 6.07) is 9.65. The van der Waals surface area contributed by atoms with Gasteiger partial charge in [-0.2, -0.15) is 5.10 Å². The third kappa shape index (κ3) is 4.80. The van der Waals surface area contributed by atoms with Gasteiger partial charge >= 0.3 is 0 Å². The van der Waals surface area contributed by atoms with Gasteiger partial charge in [0.1, 0.15) is 18.7 Å². The average molecular weight is 422 g/mol. The molecule has 31 heavy (non-hydrogen) atoms. The van der Waals surface area contributed by atoms with Crippen LogP contribution in [0.5, 0.6) is 0 Å². The molecule has 1 saturated heterocycles. The Kier molecular flexibility index (Phi) is 6.06. The van der Waals surface area contributed by atoms with Crippen molar-refractivity contribution >= 4 is 23.4 Å². The predicted molar refractivity (Wildman–Crippen MR) is 110 cm³/mol. The monoisotopic (exact) mass is 422 g/mol. The SMILES string of the molecule is O=C(CNC(=O)C1CCCCN1C(=O)c1ccco1)Nc1ccc(-n2cncn2)cc1. The van der Waals surface area contributed by atoms with Gasteiger partial charge in [0.05, 0.1) is 18.5 Å². The van der Waals surface area contributed by atoms with E-state index in [2.05, 4.69) is 20.7 Å². The molecule has 3 aromatic rings. The molecule has 1 atom stereocenters. The van der Waals surface area contributed by atoms with E-state index in [1.807, 2.05) is 0 Å². The number of benzene rings is 1. The maximum atomic E-state index is 12.7. The van der Waals surface area contributed by atoms with Gasteiger partial charge < -0.3 is 20.0 Å². The quantitative estimate of drug-likeness (QED) is 0.622. The number of carbonyl (C=O) groups excluding carboxylic acids is 3. The van der Waals surface area contributed by atoms with Crippen molar-refractivity contribution in [3.63, 3.8) is 0 Å². The fraction of sp³-hybridized carbons (Fsp3) is 0.286. The van der Waals surface area contributed by atoms with Gasteiger partial charge in [-0.15, -0.1) is 0 Å². The van der Waals surface area contributed by atoms with Crippen LogP contribution in [0.25, 0.3) is 5.69 Å². The Morgan fingerprint density at radius 1 is 1.13 bits per heavy atom. The van der Waals surface area contributed by atoms with Crippen LogP contribution in [-0.4, -0.2) is 56.5 Å². The molecule has 3 amide bonds. The summed E-state index contributed by atoms with van der Waals surface area (Å²) in [6.45, 7) is 0.283. The molecular formula is C21H22N6O4. The smallest absolute Gasteiger partial charge is 0.290 e. The first-order valence-corrected chi connectivity index (χ1v) is 9.99. The number of hydrogen-bond donors (Lipinski definition) is 2. The summed E-state index contributed by atoms with van der Waals surface area (Å²) < 4.78 is 6.78. The number of hydrogen-bond acceptors (Lipinski definition) is 6. The molecule has 160 valence electrons. The highest BCUT2D eigenvalue weighted by Gasteiger charge is 2.33. The van der Waals surface area contributed by atoms with Crippen molar-refractivity contribution in [3.8, 4) is 5.69 Å². The number of aromatic nitrogens is 3. The molecular weight excluding hydrogens is 400 g/mol. The van der Waals surface area contributed by atoms with Gasteiger partial charge in [0.2, 0.25) is 11.8 Å². The molecule has 0 saturated carbocycles. The van der Waals surface area contributed by atoms with Crippen LogP contribution in [0.1, 0.15) is 29.8 Å². The van der Waals surface area contributed by atoms with Crippen LogP contribution in [0.15, 0.2) is 59.7 Å². The molecule has 0 bridgehead atoms. The minimum atomic E-state index is -0.624. The van der Waals surface area contributed by atoms with E-state index in [1.165, 1.54) is 17.5 Å². The lowest BCUT2D eigenvalue weighted by atomic mass is 10.0. The molecule has 3 heterocycles. The molecule has 10 nitrogen and oxygen atoms in total. The van der Waals surface area contributed by atoms with Crippen molar-refractivity contribution in [2.24, 2.45) is 0 Å². The molecule has 1 aliphatic rings. The Balaban J connectivity index is 1.31. The summed E-state index contributed by atoms with van der Waals surface area (Å²) in [5, 5.41) is 9.41. The normalized spacial score (nSPS) is 16.0. The summed E-state index contributed by atoms with van der Waals surface area (Å²) in [6.07, 6.45) is 6.65. The van der Waals surface area contributed by atoms with Gasteiger partial charge in [-0.25, -0.2) is 9.67 Å². The number of furan rings is 1. The molecule has 1 fully saturated rings. The van der Waals surface area contributed by atoms with Gasteiger partial charge in [-0.1, -0.05) is 0 Å². The highest BCUT2D eigenvalue weighted by atomic mass is 16.3. The number of piperidine rings is 1. The molecule has 1 unspecified atom stereocenters. The standard InChI is InChI=1S/C21H22N6O4/c28-19(25-15-6-8-16(9-7-15)27-14-22-13-24-27)12-23-20(29)17-4-1-2-10-26(17)21(30)18-5-3-11-31-18/h3,5-9,11,13-14,17H,1-2,4,10,12H2,(H,23,29)(H,25,28). The average Bonchev–Trinajstić information content (AvgIpc) is 3.52. The van der Waals surface area contributed by atoms with Gasteiger partial charge in [0.25, 0.3) is 5.91 Å². The first-order chi connectivity index (χ1) is 15.1. The molecule has 10 heteroatoms. The summed E-state index contributed by atoms with van der Waals surface area (Å²) >= 11 is 0. The van der Waals surface area contributed by atoms with Crippen molar-refractivity contribution in [3.05, 3.63) is 61.1 Å². The Morgan fingerprint density at radius 3 is 2.68 bits per heavy atom. The maximum absolute atomic E-state index is 12.7. The number of nitrogens with zero attached hydrogens (tertiary/aromatic N) is 4. The Bertz CT molecular complexity index is 1030. The lowest BCUT2D eigenvalue weighted by Gasteiger charge is -2.34. The predicted octanol–water partition coefficient (Wildman–Crippen LogP) is 1.61. The number of amides is 3. The summed E-state index contributed by atoms with van der Waals surface area (Å²) in [5.41, 5.74) is 1.40. The van der Waals surface area contributed by atoms with Crippen LogP contribution in [-0.2, 0) is 9.59 Å². The van der Waals surface area contributed by atoms with Gasteiger partial charge in [0.15, 0.2) is 5.76 Å². The zero-order chi connectivity index (χ0) is 21.6. The van der Waals surface area contributed by atoms with Crippen LogP contribution in [0, 0.1) is 0 Å². The van der Waals surface area contributed by atoms with Crippen molar-refractivity contribution in [1.82, 2.24) is 25.0 Å². The number of nitrogens with one attached hydrogen (secondary N) is 2. The minimum Gasteiger partial charge on any atom is -0.459 e. The largest absolute Gasteiger partial charge is 0.459 e. The lowest BCUT2D eigenvalue weighted by Crippen LogP contribution is -2.52. The van der Waals surface area contributed by atoms with Crippen LogP contribution in [0.4, 0.5) is 5.69 Å². The van der Waals surface area contributed by atoms with E-state index in [0.29, 0.717) is 18.7 Å². The van der Waals surface area contributed by atoms with Crippen molar-refractivity contribution in [2.45, 2.75) is 25.3 Å². The van der Waals surface area contributed by atoms with Gasteiger partial charge in [0, 0.05) is 12.2 Å². The van der Waals surface area contributed by atoms with Crippen LogP contribution < -0.4 is 10.6 Å². The van der Waals surface area contributed by atoms with E-state index in [9.17, 15) is 14.4 Å². The Morgan fingerprint density at radius 2 is 1.97 bits per heavy atom. The molecule has 0 spiro atoms. The number of carbonyl (C=O) groups is 3. The van der Waals surface area contributed by atoms with E-state index in [0.717, 1.165) is 18.5 Å². The highest BCUT2D eigenvalue weighted by molar-refractivity contribution is 5.98. The summed E-state index contributed by atoms with van der Waals surface area (Å²) in [4.78, 5) is 43.0. The van der Waals surface area contributed by atoms with Crippen molar-refractivity contribution < 1.29 is 18.8 Å². The second-order valence-electron chi connectivity index (χ2n) is 7.14. The summed E-state index contributed by atoms with van der Waals surface area (Å²) in [5.74, 6) is -0.827. The zero-order valence-electron chi connectivity index (χ0n) is 16.7. The molecule has 0 radical (unpaired) electrons. The highest BCUT2D eigenvalue weighted by Crippen LogP contribution is 2.20. The fourth-order valence-corrected chi connectivity index (χ4v) is 3.52. The van der Waals surface area contributed by atoms with Crippen LogP contribution in [0.2, 0.25) is 0 Å². The maximum Gasteiger partial charge on any atom is 0.290 e. The topological polar surface area (TPSA) is 122 Å². The Hall–Kier alpha value is -3.95. The third-order valence-electron chi connectivity index (χ3n) is 5.06. The first kappa shape index (κ1) is 20.3. The van der Waals surface area contributed by atoms with E-state index >= 15 is 0 Å². The fourth-order valence-electron chi connectivity index (χ4n) is 3.52. The molecule has 2 aromatic heterocycles. The second-order valence-corrected chi connectivity index (χ2v) is 7.14. The molecule has 0 aliphatic carbocycles. The number of likely N-dealkylation sites (tertiary alicyclic amines) is 1. The van der Waals surface area contributed by atoms with Crippen molar-refractivity contribution in [1.29, 1.82) is 0 Å². The Labute approximate surface area is 178 Å². The van der Waals surface area contributed by atoms with E-state index in [-0.39, 0.29) is 30.0 Å². The number of anilines is 1. The van der Waals surface area contributed by atoms with E-state index in [1.54, 1.807) is 47.4 Å². The number of rotatable bonds is 6.